The van der Waals surface area contributed by atoms with Crippen molar-refractivity contribution in [2.24, 2.45) is 17.4 Å². The molecule has 6 N–H and O–H groups in total. The number of hydrogen-bond acceptors (Lipinski definition) is 5. The van der Waals surface area contributed by atoms with Crippen LogP contribution in [0.5, 0.6) is 0 Å². The molecule has 0 atom stereocenters. The minimum atomic E-state index is 0.445. The van der Waals surface area contributed by atoms with Crippen molar-refractivity contribution in [2.45, 2.75) is 19.4 Å². The van der Waals surface area contributed by atoms with Gasteiger partial charge in [0.15, 0.2) is 0 Å². The van der Waals surface area contributed by atoms with Crippen LogP contribution in [0.2, 0.25) is 0 Å². The Hall–Kier alpha value is -5.98. The lowest BCUT2D eigenvalue weighted by molar-refractivity contribution is 0.663. The molecule has 0 radical (unpaired) electrons. The summed E-state index contributed by atoms with van der Waals surface area (Å²) in [6.07, 6.45) is 8.23. The second-order valence-electron chi connectivity index (χ2n) is 12.0. The number of para-hydroxylation sites is 2. The summed E-state index contributed by atoms with van der Waals surface area (Å²) >= 11 is 0. The van der Waals surface area contributed by atoms with E-state index in [1.807, 2.05) is 42.5 Å². The van der Waals surface area contributed by atoms with Gasteiger partial charge in [-0.05, 0) is 64.2 Å². The van der Waals surface area contributed by atoms with Gasteiger partial charge >= 0.3 is 0 Å². The van der Waals surface area contributed by atoms with Crippen molar-refractivity contribution in [2.75, 3.05) is 4.90 Å². The first-order valence-corrected chi connectivity index (χ1v) is 16.7. The molecule has 248 valence electrons. The first-order chi connectivity index (χ1) is 24.6. The van der Waals surface area contributed by atoms with Crippen LogP contribution in [0.3, 0.4) is 0 Å². The average molecular weight is 655 g/mol. The molecule has 1 aliphatic heterocycles. The number of nitrogens with zero attached hydrogens (tertiary/aromatic N) is 1. The van der Waals surface area contributed by atoms with Gasteiger partial charge in [-0.1, -0.05) is 141 Å². The molecule has 8 rings (SSSR count). The maximum atomic E-state index is 6.26. The number of nitrogens with two attached hydrogens (primary N) is 3. The van der Waals surface area contributed by atoms with Gasteiger partial charge in [-0.2, -0.15) is 0 Å². The van der Waals surface area contributed by atoms with E-state index in [0.29, 0.717) is 12.5 Å². The Morgan fingerprint density at radius 1 is 0.680 bits per heavy atom. The zero-order valence-corrected chi connectivity index (χ0v) is 28.2. The second kappa shape index (κ2) is 15.9. The van der Waals surface area contributed by atoms with Crippen LogP contribution >= 0.6 is 0 Å². The molecular formula is C45H42N4O. The molecule has 5 heteroatoms. The molecule has 0 saturated carbocycles. The predicted octanol–water partition coefficient (Wildman–Crippen LogP) is 10.6. The van der Waals surface area contributed by atoms with Crippen LogP contribution in [0.1, 0.15) is 35.1 Å². The third-order valence-corrected chi connectivity index (χ3v) is 9.01. The largest absolute Gasteiger partial charge is 0.456 e. The minimum Gasteiger partial charge on any atom is -0.456 e. The Labute approximate surface area is 294 Å². The molecule has 5 nitrogen and oxygen atoms in total. The molecule has 1 aromatic heterocycles. The quantitative estimate of drug-likeness (QED) is 0.127. The predicted molar refractivity (Wildman–Crippen MR) is 212 cm³/mol. The molecule has 7 aromatic rings. The highest BCUT2D eigenvalue weighted by molar-refractivity contribution is 6.13. The smallest absolute Gasteiger partial charge is 0.139 e. The van der Waals surface area contributed by atoms with E-state index in [0.717, 1.165) is 61.1 Å². The summed E-state index contributed by atoms with van der Waals surface area (Å²) in [5.41, 5.74) is 18.0. The van der Waals surface area contributed by atoms with E-state index in [9.17, 15) is 0 Å². The molecule has 0 aliphatic carbocycles. The van der Waals surface area contributed by atoms with Crippen molar-refractivity contribution in [3.8, 4) is 11.1 Å². The van der Waals surface area contributed by atoms with Gasteiger partial charge in [0.2, 0.25) is 0 Å². The van der Waals surface area contributed by atoms with E-state index in [2.05, 4.69) is 158 Å². The first-order valence-electron chi connectivity index (χ1n) is 16.7. The van der Waals surface area contributed by atoms with Crippen LogP contribution in [0.25, 0.3) is 38.6 Å². The number of benzene rings is 6. The van der Waals surface area contributed by atoms with Gasteiger partial charge in [0, 0.05) is 46.2 Å². The maximum Gasteiger partial charge on any atom is 0.139 e. The summed E-state index contributed by atoms with van der Waals surface area (Å²) in [4.78, 5) is 2.20. The van der Waals surface area contributed by atoms with E-state index in [4.69, 9.17) is 10.2 Å². The Bertz CT molecular complexity index is 2210. The monoisotopic (exact) mass is 654 g/mol. The molecule has 0 bridgehead atoms. The molecule has 0 fully saturated rings. The molecule has 50 heavy (non-hydrogen) atoms. The number of rotatable bonds is 5. The SMILES string of the molecule is C=C1/C=C\C=C/N(c2ccccc2)c2ccc(-c3cccc4oc5c(CN)cccc5c34)cc21.CC(c1ccccc1)c1ccccc1.NN. The van der Waals surface area contributed by atoms with E-state index in [1.54, 1.807) is 0 Å². The molecule has 0 spiro atoms. The fourth-order valence-corrected chi connectivity index (χ4v) is 6.45. The summed E-state index contributed by atoms with van der Waals surface area (Å²) in [7, 11) is 0. The van der Waals surface area contributed by atoms with Crippen LogP contribution in [0.15, 0.2) is 181 Å². The summed E-state index contributed by atoms with van der Waals surface area (Å²) < 4.78 is 6.26. The molecular weight excluding hydrogens is 613 g/mol. The van der Waals surface area contributed by atoms with Crippen molar-refractivity contribution in [1.29, 1.82) is 0 Å². The third-order valence-electron chi connectivity index (χ3n) is 9.01. The normalized spacial score (nSPS) is 13.4. The van der Waals surface area contributed by atoms with Crippen LogP contribution in [-0.4, -0.2) is 0 Å². The molecule has 1 aliphatic rings. The summed E-state index contributed by atoms with van der Waals surface area (Å²) in [5.74, 6) is 8.48. The number of anilines is 2. The number of fused-ring (bicyclic) bond motifs is 4. The van der Waals surface area contributed by atoms with Crippen molar-refractivity contribution >= 4 is 38.9 Å². The van der Waals surface area contributed by atoms with Crippen molar-refractivity contribution in [1.82, 2.24) is 0 Å². The number of hydrazine groups is 1. The van der Waals surface area contributed by atoms with E-state index in [1.165, 1.54) is 11.1 Å². The summed E-state index contributed by atoms with van der Waals surface area (Å²) in [5, 5.41) is 2.20. The zero-order chi connectivity index (χ0) is 34.9. The van der Waals surface area contributed by atoms with Gasteiger partial charge in [-0.3, -0.25) is 11.7 Å². The Morgan fingerprint density at radius 2 is 1.32 bits per heavy atom. The van der Waals surface area contributed by atoms with Crippen molar-refractivity contribution < 1.29 is 4.42 Å². The van der Waals surface area contributed by atoms with Gasteiger partial charge < -0.3 is 15.1 Å². The lowest BCUT2D eigenvalue weighted by Gasteiger charge is -2.25. The number of allylic oxidation sites excluding steroid dienone is 4. The first kappa shape index (κ1) is 33.9. The fraction of sp³-hybridized carbons (Fsp3) is 0.0667. The van der Waals surface area contributed by atoms with Gasteiger partial charge in [-0.15, -0.1) is 0 Å². The van der Waals surface area contributed by atoms with Crippen LogP contribution in [0, 0.1) is 0 Å². The van der Waals surface area contributed by atoms with E-state index >= 15 is 0 Å². The molecule has 0 unspecified atom stereocenters. The molecule has 0 amide bonds. The number of hydrogen-bond donors (Lipinski definition) is 3. The van der Waals surface area contributed by atoms with Gasteiger partial charge in [0.1, 0.15) is 11.2 Å². The number of furan rings is 1. The average Bonchev–Trinajstić information content (AvgIpc) is 3.58. The molecule has 0 saturated heterocycles. The van der Waals surface area contributed by atoms with E-state index in [-0.39, 0.29) is 0 Å². The lowest BCUT2D eigenvalue weighted by atomic mass is 9.93. The fourth-order valence-electron chi connectivity index (χ4n) is 6.45. The van der Waals surface area contributed by atoms with Gasteiger partial charge in [-0.25, -0.2) is 0 Å². The Kier molecular flexibility index (Phi) is 10.8. The molecule has 6 aromatic carbocycles. The topological polar surface area (TPSA) is 94.4 Å². The Balaban J connectivity index is 0.000000226. The van der Waals surface area contributed by atoms with Crippen molar-refractivity contribution in [3.63, 3.8) is 0 Å². The minimum absolute atomic E-state index is 0.445. The highest BCUT2D eigenvalue weighted by Crippen LogP contribution is 2.41. The second-order valence-corrected chi connectivity index (χ2v) is 12.0. The third kappa shape index (κ3) is 7.07. The van der Waals surface area contributed by atoms with Gasteiger partial charge in [0.05, 0.1) is 5.69 Å². The van der Waals surface area contributed by atoms with Crippen LogP contribution in [0.4, 0.5) is 11.4 Å². The molecule has 2 heterocycles. The standard InChI is InChI=1S/C31H24N2O.C14H14.H4N2/c1-21-9-5-6-18-33(24-11-3-2-4-12-24)28-17-16-22(19-27(21)28)25-13-8-15-29-30(25)26-14-7-10-23(20-32)31(26)34-29;1-12(13-8-4-2-5-9-13)14-10-6-3-7-11-14;1-2/h2-19H,1,20,32H2;2-12H,1H3;1-2H2/b9-5-,18-6-;;. The lowest BCUT2D eigenvalue weighted by Crippen LogP contribution is -2.11. The van der Waals surface area contributed by atoms with Gasteiger partial charge in [0.25, 0.3) is 0 Å². The summed E-state index contributed by atoms with van der Waals surface area (Å²) in [6, 6.07) is 50.6. The Morgan fingerprint density at radius 3 is 1.98 bits per heavy atom. The van der Waals surface area contributed by atoms with Crippen LogP contribution < -0.4 is 22.3 Å². The maximum absolute atomic E-state index is 6.26. The summed E-state index contributed by atoms with van der Waals surface area (Å²) in [6.45, 7) is 7.05. The van der Waals surface area contributed by atoms with Crippen LogP contribution in [-0.2, 0) is 6.54 Å². The van der Waals surface area contributed by atoms with Crippen molar-refractivity contribution in [3.05, 3.63) is 199 Å². The van der Waals surface area contributed by atoms with E-state index < -0.39 is 0 Å². The highest BCUT2D eigenvalue weighted by atomic mass is 16.3. The zero-order valence-electron chi connectivity index (χ0n) is 28.2. The highest BCUT2D eigenvalue weighted by Gasteiger charge is 2.18.